The molecule has 11 nitrogen and oxygen atoms in total. The molecule has 0 saturated carbocycles. The summed E-state index contributed by atoms with van der Waals surface area (Å²) in [6.07, 6.45) is -0.0392. The van der Waals surface area contributed by atoms with Crippen LogP contribution < -0.4 is 5.32 Å². The number of nitrogens with one attached hydrogen (secondary N) is 2. The number of aliphatic hydroxyl groups excluding tert-OH is 4. The smallest absolute Gasteiger partial charge is 0.184 e. The van der Waals surface area contributed by atoms with Gasteiger partial charge in [-0.1, -0.05) is 0 Å². The molecule has 6 N–H and O–H groups in total. The number of imidazole rings is 1. The van der Waals surface area contributed by atoms with Crippen molar-refractivity contribution in [3.8, 4) is 0 Å². The Kier molecular flexibility index (Phi) is 5.75. The van der Waals surface area contributed by atoms with Crippen LogP contribution >= 0.6 is 0 Å². The predicted octanol–water partition coefficient (Wildman–Crippen LogP) is -1.02. The maximum Gasteiger partial charge on any atom is 0.184 e. The van der Waals surface area contributed by atoms with Crippen molar-refractivity contribution in [2.24, 2.45) is 0 Å². The van der Waals surface area contributed by atoms with E-state index in [1.54, 1.807) is 12.6 Å². The molecule has 0 aromatic carbocycles. The van der Waals surface area contributed by atoms with E-state index in [1.807, 2.05) is 12.1 Å². The van der Waals surface area contributed by atoms with Crippen LogP contribution in [0.3, 0.4) is 0 Å². The Morgan fingerprint density at radius 1 is 1.15 bits per heavy atom. The van der Waals surface area contributed by atoms with Crippen molar-refractivity contribution < 1.29 is 29.6 Å². The molecular formula is C15H19N5O6. The molecule has 1 unspecified atom stereocenters. The normalized spacial score (nSPS) is 25.1. The molecule has 1 saturated heterocycles. The topological polar surface area (TPSA) is 170 Å². The second-order valence-corrected chi connectivity index (χ2v) is 5.49. The lowest BCUT2D eigenvalue weighted by Crippen LogP contribution is -2.33. The van der Waals surface area contributed by atoms with Crippen LogP contribution in [0.25, 0.3) is 11.2 Å². The van der Waals surface area contributed by atoms with Gasteiger partial charge in [0, 0.05) is 0 Å². The van der Waals surface area contributed by atoms with Gasteiger partial charge < -0.3 is 39.9 Å². The first-order valence-corrected chi connectivity index (χ1v) is 7.81. The van der Waals surface area contributed by atoms with Crippen molar-refractivity contribution in [3.63, 3.8) is 0 Å². The average Bonchev–Trinajstić information content (AvgIpc) is 3.38. The maximum atomic E-state index is 8.93. The van der Waals surface area contributed by atoms with Crippen molar-refractivity contribution in [2.75, 3.05) is 11.9 Å². The molecule has 0 spiro atoms. The zero-order chi connectivity index (χ0) is 18.5. The highest BCUT2D eigenvalue weighted by atomic mass is 16.6. The van der Waals surface area contributed by atoms with E-state index in [0.717, 1.165) is 17.1 Å². The Labute approximate surface area is 147 Å². The molecule has 0 aliphatic carbocycles. The summed E-state index contributed by atoms with van der Waals surface area (Å²) in [5.74, 6) is 1.57. The van der Waals surface area contributed by atoms with E-state index in [1.165, 1.54) is 6.33 Å². The van der Waals surface area contributed by atoms with Crippen molar-refractivity contribution in [2.45, 2.75) is 31.1 Å². The number of anilines is 1. The highest BCUT2D eigenvalue weighted by Gasteiger charge is 2.41. The minimum atomic E-state index is -1.38. The van der Waals surface area contributed by atoms with Crippen LogP contribution in [-0.4, -0.2) is 71.6 Å². The van der Waals surface area contributed by atoms with Crippen LogP contribution in [0.2, 0.25) is 0 Å². The van der Waals surface area contributed by atoms with Gasteiger partial charge in [-0.25, -0.2) is 15.0 Å². The summed E-state index contributed by atoms with van der Waals surface area (Å²) in [6, 6.07) is 3.75. The zero-order valence-electron chi connectivity index (χ0n) is 13.6. The van der Waals surface area contributed by atoms with Crippen LogP contribution in [0.4, 0.5) is 5.82 Å². The highest BCUT2D eigenvalue weighted by molar-refractivity contribution is 5.81. The quantitative estimate of drug-likeness (QED) is 0.336. The number of hydrogen-bond acceptors (Lipinski definition) is 10. The summed E-state index contributed by atoms with van der Waals surface area (Å²) in [6.45, 7) is 0.174. The molecule has 4 atom stereocenters. The van der Waals surface area contributed by atoms with Gasteiger partial charge >= 0.3 is 0 Å². The van der Waals surface area contributed by atoms with E-state index < -0.39 is 31.2 Å². The number of aromatic nitrogens is 4. The third kappa shape index (κ3) is 3.98. The average molecular weight is 365 g/mol. The van der Waals surface area contributed by atoms with Crippen molar-refractivity contribution in [3.05, 3.63) is 36.8 Å². The Hall–Kier alpha value is -2.57. The fourth-order valence-electron chi connectivity index (χ4n) is 2.36. The molecule has 1 fully saturated rings. The SMILES string of the molecule is OC[C@H]1OC(O)[C@H](O)[C@@H]1O.c1coc(CNc2ncnc3nc[nH]c23)c1. The van der Waals surface area contributed by atoms with E-state index in [9.17, 15) is 0 Å². The van der Waals surface area contributed by atoms with Crippen LogP contribution in [0.5, 0.6) is 0 Å². The lowest BCUT2D eigenvalue weighted by atomic mass is 10.1. The summed E-state index contributed by atoms with van der Waals surface area (Å²) in [5.41, 5.74) is 1.45. The third-order valence-electron chi connectivity index (χ3n) is 3.75. The van der Waals surface area contributed by atoms with E-state index in [-0.39, 0.29) is 0 Å². The molecule has 3 aromatic heterocycles. The molecule has 11 heteroatoms. The number of hydrogen-bond donors (Lipinski definition) is 6. The summed E-state index contributed by atoms with van der Waals surface area (Å²) in [5, 5.41) is 38.1. The number of fused-ring (bicyclic) bond motifs is 1. The van der Waals surface area contributed by atoms with Crippen molar-refractivity contribution in [1.29, 1.82) is 0 Å². The molecule has 140 valence electrons. The number of H-pyrrole nitrogens is 1. The lowest BCUT2D eigenvalue weighted by molar-refractivity contribution is -0.132. The fraction of sp³-hybridized carbons (Fsp3) is 0.400. The number of furan rings is 1. The van der Waals surface area contributed by atoms with Gasteiger partial charge in [0.25, 0.3) is 0 Å². The maximum absolute atomic E-state index is 8.93. The van der Waals surface area contributed by atoms with Crippen LogP contribution in [-0.2, 0) is 11.3 Å². The number of aliphatic hydroxyl groups is 4. The van der Waals surface area contributed by atoms with Gasteiger partial charge in [0.15, 0.2) is 17.8 Å². The summed E-state index contributed by atoms with van der Waals surface area (Å²) in [7, 11) is 0. The lowest BCUT2D eigenvalue weighted by Gasteiger charge is -2.09. The standard InChI is InChI=1S/C10H9N5O.C5H10O5/c1-2-7(16-3-1)4-11-9-8-10(13-5-12-8)15-6-14-9;6-1-2-3(7)4(8)5(9)10-2/h1-3,5-6H,4H2,(H2,11,12,13,14,15);2-9H,1H2/t;2-,3-,4-,5?/m.1/s1. The van der Waals surface area contributed by atoms with Gasteiger partial charge in [-0.15, -0.1) is 0 Å². The molecule has 0 amide bonds. The van der Waals surface area contributed by atoms with Gasteiger partial charge in [-0.05, 0) is 12.1 Å². The Balaban J connectivity index is 0.000000170. The molecular weight excluding hydrogens is 346 g/mol. The number of rotatable bonds is 4. The molecule has 4 rings (SSSR count). The first kappa shape index (κ1) is 18.2. The molecule has 0 bridgehead atoms. The van der Waals surface area contributed by atoms with Crippen LogP contribution in [0, 0.1) is 0 Å². The molecule has 4 heterocycles. The third-order valence-corrected chi connectivity index (χ3v) is 3.75. The Morgan fingerprint density at radius 2 is 2.00 bits per heavy atom. The molecule has 1 aliphatic heterocycles. The molecule has 26 heavy (non-hydrogen) atoms. The number of ether oxygens (including phenoxy) is 1. The molecule has 0 radical (unpaired) electrons. The summed E-state index contributed by atoms with van der Waals surface area (Å²) in [4.78, 5) is 15.2. The van der Waals surface area contributed by atoms with Crippen molar-refractivity contribution in [1.82, 2.24) is 19.9 Å². The van der Waals surface area contributed by atoms with E-state index >= 15 is 0 Å². The van der Waals surface area contributed by atoms with Crippen LogP contribution in [0.1, 0.15) is 5.76 Å². The minimum Gasteiger partial charge on any atom is -0.467 e. The zero-order valence-corrected chi connectivity index (χ0v) is 13.6. The second-order valence-electron chi connectivity index (χ2n) is 5.49. The van der Waals surface area contributed by atoms with Gasteiger partial charge in [0.05, 0.1) is 25.7 Å². The van der Waals surface area contributed by atoms with Crippen LogP contribution in [0.15, 0.2) is 35.5 Å². The molecule has 1 aliphatic rings. The van der Waals surface area contributed by atoms with Gasteiger partial charge in [0.1, 0.15) is 35.9 Å². The Bertz CT molecular complexity index is 810. The Morgan fingerprint density at radius 3 is 2.62 bits per heavy atom. The van der Waals surface area contributed by atoms with E-state index in [2.05, 4.69) is 30.0 Å². The minimum absolute atomic E-state index is 0.407. The fourth-order valence-corrected chi connectivity index (χ4v) is 2.36. The second kappa shape index (κ2) is 8.21. The number of aromatic amines is 1. The predicted molar refractivity (Wildman–Crippen MR) is 87.7 cm³/mol. The first-order chi connectivity index (χ1) is 12.6. The first-order valence-electron chi connectivity index (χ1n) is 7.81. The molecule has 3 aromatic rings. The summed E-state index contributed by atoms with van der Waals surface area (Å²) < 4.78 is 9.76. The summed E-state index contributed by atoms with van der Waals surface area (Å²) >= 11 is 0. The van der Waals surface area contributed by atoms with E-state index in [4.69, 9.17) is 24.8 Å². The number of nitrogens with zero attached hydrogens (tertiary/aromatic N) is 3. The van der Waals surface area contributed by atoms with Crippen molar-refractivity contribution >= 4 is 17.0 Å². The monoisotopic (exact) mass is 365 g/mol. The highest BCUT2D eigenvalue weighted by Crippen LogP contribution is 2.18. The van der Waals surface area contributed by atoms with Gasteiger partial charge in [-0.3, -0.25) is 0 Å². The largest absolute Gasteiger partial charge is 0.467 e. The van der Waals surface area contributed by atoms with E-state index in [0.29, 0.717) is 12.2 Å². The van der Waals surface area contributed by atoms with Gasteiger partial charge in [0.2, 0.25) is 0 Å². The van der Waals surface area contributed by atoms with Gasteiger partial charge in [-0.2, -0.15) is 0 Å².